The van der Waals surface area contributed by atoms with Gasteiger partial charge in [-0.25, -0.2) is 4.63 Å². The molecule has 0 saturated carbocycles. The van der Waals surface area contributed by atoms with E-state index in [1.807, 2.05) is 24.3 Å². The highest BCUT2D eigenvalue weighted by atomic mass is 16.6. The van der Waals surface area contributed by atoms with Gasteiger partial charge in [0.15, 0.2) is 5.82 Å². The smallest absolute Gasteiger partial charge is 0.230 e. The maximum Gasteiger partial charge on any atom is 0.230 e. The number of carbonyl (C=O) groups excluding carboxylic acids is 1. The second-order valence-electron chi connectivity index (χ2n) is 4.60. The van der Waals surface area contributed by atoms with Crippen LogP contribution >= 0.6 is 0 Å². The Hall–Kier alpha value is -2.37. The molecule has 0 aliphatic rings. The van der Waals surface area contributed by atoms with E-state index in [9.17, 15) is 4.79 Å². The normalized spacial score (nSPS) is 10.7. The third kappa shape index (κ3) is 3.31. The van der Waals surface area contributed by atoms with Crippen molar-refractivity contribution in [3.05, 3.63) is 35.5 Å². The minimum absolute atomic E-state index is 0.0429. The van der Waals surface area contributed by atoms with E-state index in [2.05, 4.69) is 34.1 Å². The Morgan fingerprint density at radius 3 is 2.53 bits per heavy atom. The molecule has 0 bridgehead atoms. The standard InChI is InChI=1S/C13H16N4O2/c1-8(2)9-3-5-10(6-4-9)15-12(18)7-11-13(14)17-19-16-11/h3-6,8H,7H2,1-2H3,(H2,14,17)(H,15,18). The molecular formula is C13H16N4O2. The van der Waals surface area contributed by atoms with Gasteiger partial charge in [0.25, 0.3) is 0 Å². The molecule has 2 aromatic rings. The Balaban J connectivity index is 1.97. The quantitative estimate of drug-likeness (QED) is 0.876. The number of nitrogen functional groups attached to an aromatic ring is 1. The first-order valence-electron chi connectivity index (χ1n) is 6.03. The summed E-state index contributed by atoms with van der Waals surface area (Å²) in [6.45, 7) is 4.24. The monoisotopic (exact) mass is 260 g/mol. The molecule has 0 saturated heterocycles. The highest BCUT2D eigenvalue weighted by Crippen LogP contribution is 2.17. The topological polar surface area (TPSA) is 94.0 Å². The average Bonchev–Trinajstić information content (AvgIpc) is 2.75. The first-order chi connectivity index (χ1) is 9.06. The second-order valence-corrected chi connectivity index (χ2v) is 4.60. The van der Waals surface area contributed by atoms with Crippen LogP contribution in [0.5, 0.6) is 0 Å². The fraction of sp³-hybridized carbons (Fsp3) is 0.308. The molecule has 3 N–H and O–H groups in total. The summed E-state index contributed by atoms with van der Waals surface area (Å²) < 4.78 is 4.43. The summed E-state index contributed by atoms with van der Waals surface area (Å²) in [7, 11) is 0. The van der Waals surface area contributed by atoms with Crippen molar-refractivity contribution in [3.8, 4) is 0 Å². The van der Waals surface area contributed by atoms with Gasteiger partial charge in [-0.05, 0) is 28.8 Å². The second kappa shape index (κ2) is 5.51. The number of nitrogens with zero attached hydrogens (tertiary/aromatic N) is 2. The number of carbonyl (C=O) groups is 1. The molecule has 1 aromatic heterocycles. The summed E-state index contributed by atoms with van der Waals surface area (Å²) in [4.78, 5) is 11.8. The zero-order chi connectivity index (χ0) is 13.8. The highest BCUT2D eigenvalue weighted by molar-refractivity contribution is 5.92. The van der Waals surface area contributed by atoms with Crippen molar-refractivity contribution in [2.24, 2.45) is 0 Å². The first-order valence-corrected chi connectivity index (χ1v) is 6.03. The van der Waals surface area contributed by atoms with E-state index >= 15 is 0 Å². The van der Waals surface area contributed by atoms with Crippen molar-refractivity contribution in [2.45, 2.75) is 26.2 Å². The van der Waals surface area contributed by atoms with Crippen molar-refractivity contribution in [1.29, 1.82) is 0 Å². The summed E-state index contributed by atoms with van der Waals surface area (Å²) in [5.41, 5.74) is 7.80. The summed E-state index contributed by atoms with van der Waals surface area (Å²) in [6.07, 6.45) is 0.0429. The van der Waals surface area contributed by atoms with E-state index in [0.717, 1.165) is 5.69 Å². The molecule has 0 aliphatic heterocycles. The fourth-order valence-electron chi connectivity index (χ4n) is 1.64. The van der Waals surface area contributed by atoms with Gasteiger partial charge in [0, 0.05) is 5.69 Å². The van der Waals surface area contributed by atoms with Gasteiger partial charge >= 0.3 is 0 Å². The van der Waals surface area contributed by atoms with E-state index < -0.39 is 0 Å². The molecule has 2 rings (SSSR count). The lowest BCUT2D eigenvalue weighted by Gasteiger charge is -2.07. The number of rotatable bonds is 4. The van der Waals surface area contributed by atoms with E-state index in [1.165, 1.54) is 5.56 Å². The molecule has 1 amide bonds. The third-order valence-electron chi connectivity index (χ3n) is 2.77. The third-order valence-corrected chi connectivity index (χ3v) is 2.77. The van der Waals surface area contributed by atoms with Gasteiger partial charge < -0.3 is 11.1 Å². The largest absolute Gasteiger partial charge is 0.379 e. The zero-order valence-corrected chi connectivity index (χ0v) is 10.9. The summed E-state index contributed by atoms with van der Waals surface area (Å²) in [5, 5.41) is 9.75. The number of nitrogens with one attached hydrogen (secondary N) is 1. The van der Waals surface area contributed by atoms with E-state index in [-0.39, 0.29) is 18.1 Å². The number of nitrogens with two attached hydrogens (primary N) is 1. The maximum absolute atomic E-state index is 11.8. The molecule has 0 unspecified atom stereocenters. The SMILES string of the molecule is CC(C)c1ccc(NC(=O)Cc2nonc2N)cc1. The zero-order valence-electron chi connectivity index (χ0n) is 10.9. The molecule has 0 aliphatic carbocycles. The van der Waals surface area contributed by atoms with Crippen LogP contribution < -0.4 is 11.1 Å². The number of benzene rings is 1. The molecule has 0 fully saturated rings. The van der Waals surface area contributed by atoms with Gasteiger partial charge in [0.1, 0.15) is 5.69 Å². The minimum Gasteiger partial charge on any atom is -0.379 e. The minimum atomic E-state index is -0.209. The Kier molecular flexibility index (Phi) is 3.79. The summed E-state index contributed by atoms with van der Waals surface area (Å²) >= 11 is 0. The lowest BCUT2D eigenvalue weighted by Crippen LogP contribution is -2.15. The van der Waals surface area contributed by atoms with Crippen LogP contribution in [0.4, 0.5) is 11.5 Å². The van der Waals surface area contributed by atoms with Crippen LogP contribution in [0.3, 0.4) is 0 Å². The molecule has 1 heterocycles. The fourth-order valence-corrected chi connectivity index (χ4v) is 1.64. The summed E-state index contributed by atoms with van der Waals surface area (Å²) in [5.74, 6) is 0.399. The number of hydrogen-bond acceptors (Lipinski definition) is 5. The molecular weight excluding hydrogens is 244 g/mol. The Morgan fingerprint density at radius 1 is 1.32 bits per heavy atom. The van der Waals surface area contributed by atoms with Crippen LogP contribution in [-0.4, -0.2) is 16.2 Å². The number of amides is 1. The highest BCUT2D eigenvalue weighted by Gasteiger charge is 2.11. The average molecular weight is 260 g/mol. The molecule has 6 nitrogen and oxygen atoms in total. The molecule has 0 radical (unpaired) electrons. The van der Waals surface area contributed by atoms with Gasteiger partial charge in [-0.3, -0.25) is 4.79 Å². The molecule has 1 aromatic carbocycles. The van der Waals surface area contributed by atoms with E-state index in [0.29, 0.717) is 11.6 Å². The molecule has 0 spiro atoms. The number of hydrogen-bond donors (Lipinski definition) is 2. The van der Waals surface area contributed by atoms with Crippen molar-refractivity contribution in [3.63, 3.8) is 0 Å². The molecule has 19 heavy (non-hydrogen) atoms. The Labute approximate surface area is 111 Å². The van der Waals surface area contributed by atoms with Crippen LogP contribution in [0.25, 0.3) is 0 Å². The lowest BCUT2D eigenvalue weighted by molar-refractivity contribution is -0.115. The Morgan fingerprint density at radius 2 is 2.00 bits per heavy atom. The first kappa shape index (κ1) is 13.1. The maximum atomic E-state index is 11.8. The van der Waals surface area contributed by atoms with Gasteiger partial charge in [-0.2, -0.15) is 0 Å². The Bertz CT molecular complexity index is 560. The summed E-state index contributed by atoms with van der Waals surface area (Å²) in [6, 6.07) is 7.73. The van der Waals surface area contributed by atoms with Crippen LogP contribution in [0.15, 0.2) is 28.9 Å². The lowest BCUT2D eigenvalue weighted by atomic mass is 10.0. The predicted molar refractivity (Wildman–Crippen MR) is 71.6 cm³/mol. The van der Waals surface area contributed by atoms with Crippen LogP contribution in [0, 0.1) is 0 Å². The van der Waals surface area contributed by atoms with Crippen LogP contribution in [0.2, 0.25) is 0 Å². The van der Waals surface area contributed by atoms with Crippen molar-refractivity contribution in [2.75, 3.05) is 11.1 Å². The molecule has 0 atom stereocenters. The van der Waals surface area contributed by atoms with Crippen LogP contribution in [-0.2, 0) is 11.2 Å². The van der Waals surface area contributed by atoms with Crippen molar-refractivity contribution in [1.82, 2.24) is 10.3 Å². The van der Waals surface area contributed by atoms with Crippen molar-refractivity contribution >= 4 is 17.4 Å². The van der Waals surface area contributed by atoms with Gasteiger partial charge in [-0.1, -0.05) is 31.1 Å². The number of aromatic nitrogens is 2. The molecule has 6 heteroatoms. The van der Waals surface area contributed by atoms with E-state index in [1.54, 1.807) is 0 Å². The van der Waals surface area contributed by atoms with Crippen LogP contribution in [0.1, 0.15) is 31.0 Å². The van der Waals surface area contributed by atoms with Gasteiger partial charge in [0.2, 0.25) is 5.91 Å². The van der Waals surface area contributed by atoms with Gasteiger partial charge in [-0.15, -0.1) is 0 Å². The molecule has 100 valence electrons. The number of anilines is 2. The van der Waals surface area contributed by atoms with Crippen molar-refractivity contribution < 1.29 is 9.42 Å². The predicted octanol–water partition coefficient (Wildman–Crippen LogP) is 1.96. The van der Waals surface area contributed by atoms with Gasteiger partial charge in [0.05, 0.1) is 6.42 Å². The van der Waals surface area contributed by atoms with E-state index in [4.69, 9.17) is 5.73 Å².